The molecule has 1 saturated heterocycles. The molecule has 0 saturated carbocycles. The van der Waals surface area contributed by atoms with Crippen LogP contribution in [0.15, 0.2) is 22.9 Å². The van der Waals surface area contributed by atoms with E-state index in [-0.39, 0.29) is 11.9 Å². The maximum atomic E-state index is 12.8. The zero-order valence-electron chi connectivity index (χ0n) is 14.6. The van der Waals surface area contributed by atoms with Crippen LogP contribution in [0, 0.1) is 6.92 Å². The quantitative estimate of drug-likeness (QED) is 0.844. The van der Waals surface area contributed by atoms with Crippen LogP contribution in [0.25, 0.3) is 0 Å². The molecule has 24 heavy (non-hydrogen) atoms. The van der Waals surface area contributed by atoms with Crippen LogP contribution in [0.1, 0.15) is 62.0 Å². The Morgan fingerprint density at radius 3 is 2.96 bits per heavy atom. The highest BCUT2D eigenvalue weighted by molar-refractivity contribution is 5.76. The van der Waals surface area contributed by atoms with Gasteiger partial charge in [-0.1, -0.05) is 18.0 Å². The fourth-order valence-electron chi connectivity index (χ4n) is 3.51. The summed E-state index contributed by atoms with van der Waals surface area (Å²) < 4.78 is 7.25. The van der Waals surface area contributed by atoms with Crippen molar-refractivity contribution in [3.63, 3.8) is 0 Å². The molecule has 1 atom stereocenters. The predicted octanol–water partition coefficient (Wildman–Crippen LogP) is 3.18. The molecule has 0 unspecified atom stereocenters. The summed E-state index contributed by atoms with van der Waals surface area (Å²) in [6.07, 6.45) is 8.52. The van der Waals surface area contributed by atoms with Crippen LogP contribution in [0.2, 0.25) is 0 Å². The molecule has 1 amide bonds. The second-order valence-electron chi connectivity index (χ2n) is 6.59. The molecule has 1 aliphatic rings. The van der Waals surface area contributed by atoms with Crippen molar-refractivity contribution in [2.45, 2.75) is 57.9 Å². The Labute approximate surface area is 142 Å². The summed E-state index contributed by atoms with van der Waals surface area (Å²) in [7, 11) is 2.06. The molecule has 0 aliphatic carbocycles. The Balaban J connectivity index is 1.62. The number of hydrogen-bond donors (Lipinski definition) is 0. The fourth-order valence-corrected chi connectivity index (χ4v) is 3.51. The molecular weight excluding hydrogens is 304 g/mol. The van der Waals surface area contributed by atoms with Crippen LogP contribution in [-0.2, 0) is 18.3 Å². The van der Waals surface area contributed by atoms with Crippen molar-refractivity contribution in [3.8, 4) is 0 Å². The fraction of sp³-hybridized carbons (Fsp3) is 0.611. The minimum atomic E-state index is 0.200. The molecule has 0 aromatic carbocycles. The largest absolute Gasteiger partial charge is 0.353 e. The minimum absolute atomic E-state index is 0.200. The van der Waals surface area contributed by atoms with Gasteiger partial charge in [0.05, 0.1) is 6.04 Å². The second-order valence-corrected chi connectivity index (χ2v) is 6.59. The zero-order chi connectivity index (χ0) is 16.9. The highest BCUT2D eigenvalue weighted by Gasteiger charge is 2.27. The normalized spacial score (nSPS) is 18.6. The van der Waals surface area contributed by atoms with Gasteiger partial charge in [-0.15, -0.1) is 0 Å². The van der Waals surface area contributed by atoms with Crippen molar-refractivity contribution in [1.29, 1.82) is 0 Å². The first-order valence-electron chi connectivity index (χ1n) is 8.85. The van der Waals surface area contributed by atoms with Crippen molar-refractivity contribution in [3.05, 3.63) is 35.7 Å². The number of likely N-dealkylation sites (tertiary alicyclic amines) is 1. The Morgan fingerprint density at radius 2 is 2.25 bits per heavy atom. The monoisotopic (exact) mass is 330 g/mol. The van der Waals surface area contributed by atoms with Gasteiger partial charge in [0.25, 0.3) is 0 Å². The van der Waals surface area contributed by atoms with E-state index in [1.54, 1.807) is 6.92 Å². The maximum absolute atomic E-state index is 12.8. The maximum Gasteiger partial charge on any atom is 0.226 e. The topological polar surface area (TPSA) is 64.2 Å². The van der Waals surface area contributed by atoms with Crippen LogP contribution in [0.4, 0.5) is 0 Å². The molecule has 1 aliphatic heterocycles. The van der Waals surface area contributed by atoms with E-state index in [4.69, 9.17) is 4.52 Å². The lowest BCUT2D eigenvalue weighted by atomic mass is 10.1. The highest BCUT2D eigenvalue weighted by atomic mass is 16.5. The number of amides is 1. The van der Waals surface area contributed by atoms with E-state index in [0.717, 1.165) is 25.8 Å². The van der Waals surface area contributed by atoms with Crippen molar-refractivity contribution in [2.24, 2.45) is 7.05 Å². The average molecular weight is 330 g/mol. The minimum Gasteiger partial charge on any atom is -0.353 e. The summed E-state index contributed by atoms with van der Waals surface area (Å²) >= 11 is 0. The van der Waals surface area contributed by atoms with Crippen molar-refractivity contribution in [1.82, 2.24) is 19.6 Å². The Bertz CT molecular complexity index is 676. The van der Waals surface area contributed by atoms with Crippen LogP contribution in [0.5, 0.6) is 0 Å². The molecular formula is C18H26N4O2. The van der Waals surface area contributed by atoms with Gasteiger partial charge >= 0.3 is 0 Å². The second kappa shape index (κ2) is 7.64. The molecule has 0 radical (unpaired) electrons. The van der Waals surface area contributed by atoms with Crippen LogP contribution in [-0.4, -0.2) is 32.1 Å². The first-order chi connectivity index (χ1) is 11.6. The summed E-state index contributed by atoms with van der Waals surface area (Å²) in [6, 6.07) is 4.39. The van der Waals surface area contributed by atoms with Crippen molar-refractivity contribution >= 4 is 5.91 Å². The number of nitrogens with zero attached hydrogens (tertiary/aromatic N) is 4. The predicted molar refractivity (Wildman–Crippen MR) is 90.3 cm³/mol. The zero-order valence-corrected chi connectivity index (χ0v) is 14.6. The molecule has 0 bridgehead atoms. The lowest BCUT2D eigenvalue weighted by Gasteiger charge is -2.30. The highest BCUT2D eigenvalue weighted by Crippen LogP contribution is 2.30. The van der Waals surface area contributed by atoms with Gasteiger partial charge in [-0.25, -0.2) is 0 Å². The van der Waals surface area contributed by atoms with Crippen LogP contribution >= 0.6 is 0 Å². The Kier molecular flexibility index (Phi) is 5.33. The van der Waals surface area contributed by atoms with E-state index in [0.29, 0.717) is 24.6 Å². The third-order valence-electron chi connectivity index (χ3n) is 4.75. The first-order valence-corrected chi connectivity index (χ1v) is 8.85. The Hall–Kier alpha value is -2.11. The molecule has 2 aromatic rings. The number of hydrogen-bond acceptors (Lipinski definition) is 4. The van der Waals surface area contributed by atoms with E-state index < -0.39 is 0 Å². The average Bonchev–Trinajstić information content (AvgIpc) is 3.08. The van der Waals surface area contributed by atoms with E-state index in [1.807, 2.05) is 0 Å². The lowest BCUT2D eigenvalue weighted by Crippen LogP contribution is -2.35. The molecule has 0 spiro atoms. The van der Waals surface area contributed by atoms with E-state index >= 15 is 0 Å². The summed E-state index contributed by atoms with van der Waals surface area (Å²) in [4.78, 5) is 19.1. The van der Waals surface area contributed by atoms with Gasteiger partial charge in [0.2, 0.25) is 11.8 Å². The van der Waals surface area contributed by atoms with Gasteiger partial charge in [-0.3, -0.25) is 4.79 Å². The van der Waals surface area contributed by atoms with E-state index in [1.165, 1.54) is 18.5 Å². The number of carbonyl (C=O) groups excluding carboxylic acids is 1. The number of aromatic nitrogens is 3. The van der Waals surface area contributed by atoms with Gasteiger partial charge in [-0.05, 0) is 38.3 Å². The summed E-state index contributed by atoms with van der Waals surface area (Å²) in [5, 5.41) is 3.79. The van der Waals surface area contributed by atoms with Gasteiger partial charge < -0.3 is 14.0 Å². The molecule has 3 rings (SSSR count). The number of rotatable bonds is 5. The molecule has 130 valence electrons. The van der Waals surface area contributed by atoms with Gasteiger partial charge in [-0.2, -0.15) is 4.98 Å². The summed E-state index contributed by atoms with van der Waals surface area (Å²) in [5.41, 5.74) is 1.23. The molecule has 6 nitrogen and oxygen atoms in total. The number of carbonyl (C=O) groups is 1. The molecule has 1 fully saturated rings. The van der Waals surface area contributed by atoms with Crippen molar-refractivity contribution < 1.29 is 9.32 Å². The van der Waals surface area contributed by atoms with Gasteiger partial charge in [0, 0.05) is 38.3 Å². The molecule has 3 heterocycles. The Morgan fingerprint density at radius 1 is 1.38 bits per heavy atom. The molecule has 6 heteroatoms. The number of aryl methyl sites for hydroxylation is 3. The van der Waals surface area contributed by atoms with E-state index in [2.05, 4.69) is 45.0 Å². The van der Waals surface area contributed by atoms with Crippen molar-refractivity contribution in [2.75, 3.05) is 6.54 Å². The molecule has 0 N–H and O–H groups in total. The summed E-state index contributed by atoms with van der Waals surface area (Å²) in [6.45, 7) is 2.66. The summed E-state index contributed by atoms with van der Waals surface area (Å²) in [5.74, 6) is 1.50. The molecule has 2 aromatic heterocycles. The van der Waals surface area contributed by atoms with Gasteiger partial charge in [0.1, 0.15) is 0 Å². The third kappa shape index (κ3) is 3.86. The lowest BCUT2D eigenvalue weighted by molar-refractivity contribution is -0.133. The van der Waals surface area contributed by atoms with Gasteiger partial charge in [0.15, 0.2) is 5.82 Å². The first kappa shape index (κ1) is 16.7. The van der Waals surface area contributed by atoms with E-state index in [9.17, 15) is 4.79 Å². The standard InChI is InChI=1S/C18H26N4O2/c1-14-19-17(24-20-14)10-6-11-18(23)22-13-5-3-4-8-16(22)15-9-7-12-21(15)2/h7,9,12,16H,3-6,8,10-11,13H2,1-2H3/t16-/m0/s1. The van der Waals surface area contributed by atoms with Crippen LogP contribution < -0.4 is 0 Å². The van der Waals surface area contributed by atoms with Crippen LogP contribution in [0.3, 0.4) is 0 Å². The smallest absolute Gasteiger partial charge is 0.226 e. The SMILES string of the molecule is Cc1noc(CCCC(=O)N2CCCCC[C@H]2c2cccn2C)n1. The third-order valence-corrected chi connectivity index (χ3v) is 4.75.